The number of esters is 3. The molecule has 0 heterocycles. The van der Waals surface area contributed by atoms with Gasteiger partial charge < -0.3 is 49.4 Å². The molecule has 87 heavy (non-hydrogen) atoms. The molecule has 23 heteroatoms. The Morgan fingerprint density at radius 1 is 0.805 bits per heavy atom. The quantitative estimate of drug-likeness (QED) is 0.0136. The summed E-state index contributed by atoms with van der Waals surface area (Å²) < 4.78 is 27.4. The van der Waals surface area contributed by atoms with Gasteiger partial charge in [0.15, 0.2) is 6.10 Å². The van der Waals surface area contributed by atoms with Gasteiger partial charge in [-0.25, -0.2) is 19.2 Å². The number of carbonyl (C=O) groups is 8. The second-order valence-electron chi connectivity index (χ2n) is 22.9. The van der Waals surface area contributed by atoms with Crippen molar-refractivity contribution in [3.63, 3.8) is 0 Å². The van der Waals surface area contributed by atoms with E-state index in [9.17, 15) is 38.4 Å². The van der Waals surface area contributed by atoms with E-state index in [0.717, 1.165) is 32.7 Å². The Labute approximate surface area is 536 Å². The molecule has 5 amide bonds. The number of nitrogens with one attached hydrogen (secondary N) is 3. The summed E-state index contributed by atoms with van der Waals surface area (Å²) in [4.78, 5) is 113. The van der Waals surface area contributed by atoms with Crippen LogP contribution in [-0.4, -0.2) is 149 Å². The highest BCUT2D eigenvalue weighted by Gasteiger charge is 2.40. The Morgan fingerprint density at radius 2 is 1.40 bits per heavy atom. The van der Waals surface area contributed by atoms with Crippen molar-refractivity contribution in [3.05, 3.63) is 118 Å². The zero-order valence-electron chi connectivity index (χ0n) is 52.1. The first-order chi connectivity index (χ1) is 40.8. The van der Waals surface area contributed by atoms with Gasteiger partial charge in [-0.3, -0.25) is 19.2 Å². The highest BCUT2D eigenvalue weighted by Crippen LogP contribution is 2.44. The number of fused-ring (bicyclic) bond motifs is 3. The van der Waals surface area contributed by atoms with Gasteiger partial charge in [0.2, 0.25) is 21.5 Å². The number of likely N-dealkylation sites (N-methyl/N-ethyl adjacent to an activating group) is 2. The van der Waals surface area contributed by atoms with Crippen LogP contribution in [0.5, 0.6) is 0 Å². The van der Waals surface area contributed by atoms with E-state index in [-0.39, 0.29) is 49.2 Å². The molecule has 0 spiro atoms. The first-order valence-corrected chi connectivity index (χ1v) is 31.8. The SMILES string of the molecule is C/C=C(\C)[C@@H](OC(=O)C(C)(C)NC(=O)OCC1c2ccccc2-c2ccccc21)[C@@H](C)[C@H](C/C=C(\C)C(=O)O[C@H](CC(C)C)C(=O)N[C@@H](C)C(=O)N(C)[C@H](Cc1ccc(Cl)cc1)C(=O)N(C)CC(=O)N[C@H](C(=O)OCC(Cl)(Cl)Cl)[C@H](C)CC)OCSC. The summed E-state index contributed by atoms with van der Waals surface area (Å²) in [6.45, 7) is 17.8. The molecule has 3 N–H and O–H groups in total. The van der Waals surface area contributed by atoms with Gasteiger partial charge in [0, 0.05) is 42.9 Å². The summed E-state index contributed by atoms with van der Waals surface area (Å²) in [5.74, 6) is -6.07. The third-order valence-electron chi connectivity index (χ3n) is 15.2. The molecule has 0 aromatic heterocycles. The molecule has 0 fully saturated rings. The molecule has 8 atom stereocenters. The standard InChI is InChI=1S/C64H85Cl4N5O13S/c1-15-38(5)54(60(79)83-35-64(66,67)68)70-53(74)33-72(12)58(77)50(32-43-26-28-44(65)29-27-43)73(13)57(76)42(9)69-56(75)52(31-37(3)4)85-59(78)40(7)25-30-51(84-36-87-14)41(8)55(39(6)16-2)86-61(80)63(10,11)71-62(81)82-34-49-47-23-19-17-21-45(47)46-22-18-20-24-48(46)49/h16-29,37-38,41-42,49-52,54-55H,15,30-36H2,1-14H3,(H,69,75)(H,70,74)(H,71,81)/b39-16+,40-25+/t38-,41+,42+,50-,51+,52-,54+,55-/m1/s1. The van der Waals surface area contributed by atoms with E-state index in [1.165, 1.54) is 51.5 Å². The highest BCUT2D eigenvalue weighted by atomic mass is 35.6. The molecule has 1 aliphatic carbocycles. The van der Waals surface area contributed by atoms with Crippen molar-refractivity contribution in [3.8, 4) is 11.1 Å². The minimum atomic E-state index is -1.88. The van der Waals surface area contributed by atoms with Crippen LogP contribution in [0.4, 0.5) is 4.79 Å². The normalized spacial score (nSPS) is 15.4. The Kier molecular flexibility index (Phi) is 29.0. The number of rotatable bonds is 31. The number of ether oxygens (including phenoxy) is 5. The largest absolute Gasteiger partial charge is 0.460 e. The number of carbonyl (C=O) groups excluding carboxylic acids is 8. The Balaban J connectivity index is 1.45. The molecular formula is C64H85Cl4N5O13S. The zero-order valence-corrected chi connectivity index (χ0v) is 56.0. The lowest BCUT2D eigenvalue weighted by molar-refractivity contribution is -0.158. The van der Waals surface area contributed by atoms with Gasteiger partial charge in [-0.05, 0) is 118 Å². The molecule has 3 aromatic carbocycles. The van der Waals surface area contributed by atoms with Crippen molar-refractivity contribution in [1.29, 1.82) is 0 Å². The van der Waals surface area contributed by atoms with Crippen LogP contribution in [-0.2, 0) is 63.7 Å². The fraction of sp³-hybridized carbons (Fsp3) is 0.531. The lowest BCUT2D eigenvalue weighted by atomic mass is 9.90. The van der Waals surface area contributed by atoms with Gasteiger partial charge >= 0.3 is 24.0 Å². The van der Waals surface area contributed by atoms with Gasteiger partial charge in [0.05, 0.1) is 18.6 Å². The van der Waals surface area contributed by atoms with Crippen LogP contribution in [0.2, 0.25) is 5.02 Å². The van der Waals surface area contributed by atoms with E-state index in [0.29, 0.717) is 17.0 Å². The molecule has 478 valence electrons. The Hall–Kier alpha value is -5.83. The highest BCUT2D eigenvalue weighted by molar-refractivity contribution is 7.98. The molecule has 3 aromatic rings. The number of alkyl carbamates (subject to hydrolysis) is 1. The topological polar surface area (TPSA) is 225 Å². The minimum absolute atomic E-state index is 0.0209. The van der Waals surface area contributed by atoms with Crippen molar-refractivity contribution in [2.75, 3.05) is 46.0 Å². The Bertz CT molecular complexity index is 2890. The van der Waals surface area contributed by atoms with Gasteiger partial charge in [-0.2, -0.15) is 0 Å². The maximum atomic E-state index is 14.3. The average Bonchev–Trinajstić information content (AvgIpc) is 2.00. The molecule has 0 saturated heterocycles. The number of allylic oxidation sites excluding steroid dienone is 1. The molecule has 0 aliphatic heterocycles. The van der Waals surface area contributed by atoms with Crippen LogP contribution in [0.1, 0.15) is 118 Å². The molecule has 4 rings (SSSR count). The number of hydrogen-bond donors (Lipinski definition) is 3. The fourth-order valence-electron chi connectivity index (χ4n) is 9.74. The van der Waals surface area contributed by atoms with E-state index in [1.54, 1.807) is 44.2 Å². The van der Waals surface area contributed by atoms with E-state index in [4.69, 9.17) is 70.1 Å². The zero-order chi connectivity index (χ0) is 65.1. The third-order valence-corrected chi connectivity index (χ3v) is 16.1. The second-order valence-corrected chi connectivity index (χ2v) is 26.7. The molecule has 0 bridgehead atoms. The predicted octanol–water partition coefficient (Wildman–Crippen LogP) is 10.9. The van der Waals surface area contributed by atoms with Crippen LogP contribution < -0.4 is 16.0 Å². The van der Waals surface area contributed by atoms with Crippen LogP contribution >= 0.6 is 58.2 Å². The first kappa shape index (κ1) is 73.6. The summed E-state index contributed by atoms with van der Waals surface area (Å²) in [7, 11) is 2.77. The van der Waals surface area contributed by atoms with Gasteiger partial charge in [0.1, 0.15) is 43.0 Å². The van der Waals surface area contributed by atoms with Crippen LogP contribution in [0, 0.1) is 17.8 Å². The average molecular weight is 1310 g/mol. The van der Waals surface area contributed by atoms with E-state index < -0.39 is 118 Å². The number of amides is 5. The summed E-state index contributed by atoms with van der Waals surface area (Å²) >= 11 is 24.9. The summed E-state index contributed by atoms with van der Waals surface area (Å²) in [5.41, 5.74) is 4.25. The second kappa shape index (κ2) is 34.2. The van der Waals surface area contributed by atoms with Crippen molar-refractivity contribution in [1.82, 2.24) is 25.8 Å². The smallest absolute Gasteiger partial charge is 0.408 e. The number of hydrogen-bond acceptors (Lipinski definition) is 14. The minimum Gasteiger partial charge on any atom is -0.460 e. The number of alkyl halides is 3. The molecular weight excluding hydrogens is 1220 g/mol. The van der Waals surface area contributed by atoms with Gasteiger partial charge in [-0.15, -0.1) is 11.8 Å². The van der Waals surface area contributed by atoms with Crippen LogP contribution in [0.25, 0.3) is 11.1 Å². The van der Waals surface area contributed by atoms with Crippen molar-refractivity contribution >= 4 is 106 Å². The predicted molar refractivity (Wildman–Crippen MR) is 341 cm³/mol. The molecule has 18 nitrogen and oxygen atoms in total. The monoisotopic (exact) mass is 1300 g/mol. The van der Waals surface area contributed by atoms with E-state index in [1.807, 2.05) is 102 Å². The maximum absolute atomic E-state index is 14.3. The number of benzene rings is 3. The number of halogens is 4. The number of nitrogens with zero attached hydrogens (tertiary/aromatic N) is 2. The van der Waals surface area contributed by atoms with Crippen molar-refractivity contribution in [2.45, 2.75) is 154 Å². The maximum Gasteiger partial charge on any atom is 0.408 e. The van der Waals surface area contributed by atoms with Crippen molar-refractivity contribution in [2.24, 2.45) is 17.8 Å². The molecule has 1 aliphatic rings. The van der Waals surface area contributed by atoms with Crippen molar-refractivity contribution < 1.29 is 62.0 Å². The molecule has 0 saturated carbocycles. The van der Waals surface area contributed by atoms with Crippen LogP contribution in [0.15, 0.2) is 96.1 Å². The number of thioether (sulfide) groups is 1. The lowest BCUT2D eigenvalue weighted by Gasteiger charge is -2.34. The summed E-state index contributed by atoms with van der Waals surface area (Å²) in [6, 6.07) is 19.0. The lowest BCUT2D eigenvalue weighted by Crippen LogP contribution is -2.56. The fourth-order valence-corrected chi connectivity index (χ4v) is 10.3. The third kappa shape index (κ3) is 22.0. The van der Waals surface area contributed by atoms with Gasteiger partial charge in [-0.1, -0.05) is 160 Å². The first-order valence-electron chi connectivity index (χ1n) is 28.9. The van der Waals surface area contributed by atoms with E-state index in [2.05, 4.69) is 16.0 Å². The molecule has 0 radical (unpaired) electrons. The molecule has 0 unspecified atom stereocenters. The Morgan fingerprint density at radius 3 is 1.95 bits per heavy atom. The van der Waals surface area contributed by atoms with Crippen LogP contribution in [0.3, 0.4) is 0 Å². The van der Waals surface area contributed by atoms with E-state index >= 15 is 0 Å². The summed E-state index contributed by atoms with van der Waals surface area (Å²) in [6.07, 6.45) is 2.46. The summed E-state index contributed by atoms with van der Waals surface area (Å²) in [5, 5.41) is 8.45. The van der Waals surface area contributed by atoms with Gasteiger partial charge in [0.25, 0.3) is 5.91 Å².